The van der Waals surface area contributed by atoms with E-state index in [1.54, 1.807) is 0 Å². The molecule has 0 atom stereocenters. The van der Waals surface area contributed by atoms with Crippen LogP contribution in [0.1, 0.15) is 69.9 Å². The normalized spacial score (nSPS) is 22.8. The minimum atomic E-state index is 0.305. The van der Waals surface area contributed by atoms with Crippen molar-refractivity contribution >= 4 is 10.1 Å². The third kappa shape index (κ3) is 6.73. The number of fused-ring (bicyclic) bond motifs is 1. The Labute approximate surface area is 181 Å². The molecular formula is C24H38N2OV. The fraction of sp³-hybridized carbons (Fsp3) is 0.708. The average Bonchev–Trinajstić information content (AvgIpc) is 2.67. The number of likely N-dealkylation sites (N-methyl/N-ethyl adjacent to an activating group) is 1. The van der Waals surface area contributed by atoms with Crippen molar-refractivity contribution in [3.63, 3.8) is 0 Å². The monoisotopic (exact) mass is 421 g/mol. The first-order valence-corrected chi connectivity index (χ1v) is 12.0. The number of unbranched alkanes of at least 4 members (excludes halogenated alkanes) is 1. The van der Waals surface area contributed by atoms with Gasteiger partial charge in [0.25, 0.3) is 0 Å². The van der Waals surface area contributed by atoms with E-state index in [4.69, 9.17) is 4.74 Å². The molecule has 1 aliphatic carbocycles. The SMILES string of the molecule is CC(C)O[C](=[V])C1CCC(CCCCNc2ccc3c(c2)CCN(C)C3)CC1. The van der Waals surface area contributed by atoms with Crippen molar-refractivity contribution in [3.05, 3.63) is 29.3 Å². The zero-order valence-electron chi connectivity index (χ0n) is 18.0. The summed E-state index contributed by atoms with van der Waals surface area (Å²) < 4.78 is 7.11. The fourth-order valence-electron chi connectivity index (χ4n) is 4.63. The van der Waals surface area contributed by atoms with Crippen LogP contribution in [0.25, 0.3) is 0 Å². The molecule has 3 rings (SSSR count). The third-order valence-corrected chi connectivity index (χ3v) is 7.06. The molecule has 2 aliphatic rings. The zero-order chi connectivity index (χ0) is 19.9. The van der Waals surface area contributed by atoms with Gasteiger partial charge in [-0.25, -0.2) is 0 Å². The van der Waals surface area contributed by atoms with E-state index >= 15 is 0 Å². The van der Waals surface area contributed by atoms with E-state index < -0.39 is 0 Å². The van der Waals surface area contributed by atoms with Crippen LogP contribution in [0.2, 0.25) is 0 Å². The summed E-state index contributed by atoms with van der Waals surface area (Å²) in [6.07, 6.45) is 10.9. The fourth-order valence-corrected chi connectivity index (χ4v) is 5.36. The molecule has 1 N–H and O–H groups in total. The van der Waals surface area contributed by atoms with Crippen LogP contribution in [0, 0.1) is 11.8 Å². The number of nitrogens with one attached hydrogen (secondary N) is 1. The molecule has 0 aromatic heterocycles. The van der Waals surface area contributed by atoms with Crippen molar-refractivity contribution in [2.75, 3.05) is 25.5 Å². The number of benzene rings is 1. The zero-order valence-corrected chi connectivity index (χ0v) is 19.4. The summed E-state index contributed by atoms with van der Waals surface area (Å²) in [5.74, 6) is 1.60. The topological polar surface area (TPSA) is 24.5 Å². The predicted octanol–water partition coefficient (Wildman–Crippen LogP) is 5.16. The third-order valence-electron chi connectivity index (χ3n) is 6.33. The molecule has 155 valence electrons. The van der Waals surface area contributed by atoms with Crippen LogP contribution in [0.3, 0.4) is 0 Å². The van der Waals surface area contributed by atoms with Crippen LogP contribution in [0.4, 0.5) is 5.69 Å². The first-order chi connectivity index (χ1) is 13.5. The second kappa shape index (κ2) is 11.0. The van der Waals surface area contributed by atoms with E-state index in [2.05, 4.69) is 66.3 Å². The van der Waals surface area contributed by atoms with Crippen LogP contribution in [0.15, 0.2) is 18.2 Å². The average molecular weight is 422 g/mol. The van der Waals surface area contributed by atoms with Gasteiger partial charge in [-0.3, -0.25) is 0 Å². The predicted molar refractivity (Wildman–Crippen MR) is 115 cm³/mol. The Morgan fingerprint density at radius 3 is 2.71 bits per heavy atom. The summed E-state index contributed by atoms with van der Waals surface area (Å²) in [6, 6.07) is 6.95. The van der Waals surface area contributed by atoms with Crippen molar-refractivity contribution in [1.82, 2.24) is 4.90 Å². The number of ether oxygens (including phenoxy) is 1. The van der Waals surface area contributed by atoms with Gasteiger partial charge in [0.15, 0.2) is 0 Å². The number of nitrogens with zero attached hydrogens (tertiary/aromatic N) is 1. The van der Waals surface area contributed by atoms with Gasteiger partial charge in [-0.1, -0.05) is 6.07 Å². The Bertz CT molecular complexity index is 637. The van der Waals surface area contributed by atoms with Gasteiger partial charge in [-0.15, -0.1) is 0 Å². The summed E-state index contributed by atoms with van der Waals surface area (Å²) in [7, 11) is 2.21. The molecule has 0 radical (unpaired) electrons. The van der Waals surface area contributed by atoms with Gasteiger partial charge in [0.2, 0.25) is 0 Å². The van der Waals surface area contributed by atoms with Crippen molar-refractivity contribution in [2.45, 2.75) is 77.9 Å². The maximum atomic E-state index is 5.90. The van der Waals surface area contributed by atoms with Gasteiger partial charge in [0, 0.05) is 13.1 Å². The summed E-state index contributed by atoms with van der Waals surface area (Å²) in [6.45, 7) is 7.61. The molecular weight excluding hydrogens is 383 g/mol. The van der Waals surface area contributed by atoms with Gasteiger partial charge in [0.05, 0.1) is 0 Å². The van der Waals surface area contributed by atoms with E-state index in [0.29, 0.717) is 12.0 Å². The number of anilines is 1. The second-order valence-corrected chi connectivity index (χ2v) is 9.80. The van der Waals surface area contributed by atoms with Crippen molar-refractivity contribution < 1.29 is 21.7 Å². The first-order valence-electron chi connectivity index (χ1n) is 11.3. The van der Waals surface area contributed by atoms with Crippen molar-refractivity contribution in [3.8, 4) is 0 Å². The van der Waals surface area contributed by atoms with Crippen molar-refractivity contribution in [2.24, 2.45) is 11.8 Å². The molecule has 4 heteroatoms. The molecule has 0 saturated heterocycles. The number of hydrogen-bond donors (Lipinski definition) is 1. The number of hydrogen-bond acceptors (Lipinski definition) is 3. The molecule has 1 fully saturated rings. The molecule has 28 heavy (non-hydrogen) atoms. The van der Waals surface area contributed by atoms with E-state index in [-0.39, 0.29) is 0 Å². The molecule has 1 saturated carbocycles. The molecule has 0 amide bonds. The summed E-state index contributed by atoms with van der Waals surface area (Å²) >= 11 is 2.68. The van der Waals surface area contributed by atoms with Crippen LogP contribution in [-0.4, -0.2) is 35.6 Å². The molecule has 1 aromatic carbocycles. The van der Waals surface area contributed by atoms with Crippen molar-refractivity contribution in [1.29, 1.82) is 0 Å². The molecule has 1 aliphatic heterocycles. The molecule has 0 unspecified atom stereocenters. The van der Waals surface area contributed by atoms with Gasteiger partial charge in [0.1, 0.15) is 0 Å². The Balaban J connectivity index is 1.29. The summed E-state index contributed by atoms with van der Waals surface area (Å²) in [5, 5.41) is 3.65. The maximum absolute atomic E-state index is 5.90. The van der Waals surface area contributed by atoms with Crippen LogP contribution in [0.5, 0.6) is 0 Å². The molecule has 0 spiro atoms. The Morgan fingerprint density at radius 1 is 1.18 bits per heavy atom. The van der Waals surface area contributed by atoms with Gasteiger partial charge in [-0.05, 0) is 24.6 Å². The Hall–Kier alpha value is -0.606. The number of rotatable bonds is 9. The van der Waals surface area contributed by atoms with Gasteiger partial charge >= 0.3 is 133 Å². The molecule has 0 bridgehead atoms. The van der Waals surface area contributed by atoms with Crippen LogP contribution < -0.4 is 5.32 Å². The second-order valence-electron chi connectivity index (χ2n) is 9.12. The van der Waals surface area contributed by atoms with Crippen LogP contribution in [-0.2, 0) is 34.7 Å². The van der Waals surface area contributed by atoms with E-state index in [0.717, 1.165) is 19.0 Å². The molecule has 1 heterocycles. The van der Waals surface area contributed by atoms with Gasteiger partial charge < -0.3 is 4.90 Å². The van der Waals surface area contributed by atoms with Crippen LogP contribution >= 0.6 is 0 Å². The quantitative estimate of drug-likeness (QED) is 0.557. The first kappa shape index (κ1) is 22.1. The molecule has 1 aromatic rings. The standard InChI is InChI=1S/C24H38N2O.V/c1-19(2)27-18-21-9-7-20(8-10-21)6-4-5-14-25-24-12-11-23-17-26(3)15-13-22(23)16-24;/h11-12,16,19-21,25H,4-10,13-15,17H2,1-3H3;. The minimum absolute atomic E-state index is 0.305. The Morgan fingerprint density at radius 2 is 1.96 bits per heavy atom. The summed E-state index contributed by atoms with van der Waals surface area (Å²) in [4.78, 5) is 2.40. The summed E-state index contributed by atoms with van der Waals surface area (Å²) in [5.41, 5.74) is 4.34. The van der Waals surface area contributed by atoms with E-state index in [1.165, 1.54) is 79.1 Å². The van der Waals surface area contributed by atoms with E-state index in [9.17, 15) is 0 Å². The Kier molecular flexibility index (Phi) is 8.65. The molecule has 3 nitrogen and oxygen atoms in total. The van der Waals surface area contributed by atoms with Gasteiger partial charge in [-0.2, -0.15) is 0 Å². The van der Waals surface area contributed by atoms with E-state index in [1.807, 2.05) is 0 Å².